The van der Waals surface area contributed by atoms with Crippen molar-refractivity contribution in [2.75, 3.05) is 32.8 Å². The zero-order valence-corrected chi connectivity index (χ0v) is 19.6. The molecule has 2 amide bonds. The molecule has 2 N–H and O–H groups in total. The zero-order valence-electron chi connectivity index (χ0n) is 18.8. The molecule has 32 heavy (non-hydrogen) atoms. The van der Waals surface area contributed by atoms with Crippen LogP contribution in [-0.4, -0.2) is 64.0 Å². The van der Waals surface area contributed by atoms with Crippen LogP contribution in [-0.2, 0) is 19.6 Å². The minimum absolute atomic E-state index is 0.0170. The summed E-state index contributed by atoms with van der Waals surface area (Å²) in [7, 11) is -3.71. The minimum atomic E-state index is -3.71. The van der Waals surface area contributed by atoms with Gasteiger partial charge in [0.25, 0.3) is 0 Å². The topological polar surface area (TPSA) is 114 Å². The number of carbonyl (C=O) groups is 2. The van der Waals surface area contributed by atoms with Crippen LogP contribution in [0.5, 0.6) is 11.5 Å². The molecule has 1 aromatic carbocycles. The summed E-state index contributed by atoms with van der Waals surface area (Å²) in [5.41, 5.74) is 0. The first-order valence-electron chi connectivity index (χ1n) is 11.2. The molecule has 1 saturated heterocycles. The smallest absolute Gasteiger partial charge is 0.240 e. The lowest BCUT2D eigenvalue weighted by atomic mass is 10.0. The van der Waals surface area contributed by atoms with Gasteiger partial charge in [-0.25, -0.2) is 13.1 Å². The number of amides is 2. The highest BCUT2D eigenvalue weighted by Crippen LogP contribution is 2.31. The van der Waals surface area contributed by atoms with Gasteiger partial charge in [-0.2, -0.15) is 0 Å². The van der Waals surface area contributed by atoms with Gasteiger partial charge in [0.15, 0.2) is 11.5 Å². The van der Waals surface area contributed by atoms with E-state index in [-0.39, 0.29) is 41.6 Å². The summed E-state index contributed by atoms with van der Waals surface area (Å²) in [4.78, 5) is 26.2. The molecule has 1 fully saturated rings. The highest BCUT2D eigenvalue weighted by molar-refractivity contribution is 7.89. The average molecular weight is 468 g/mol. The Morgan fingerprint density at radius 2 is 1.81 bits per heavy atom. The van der Waals surface area contributed by atoms with E-state index in [0.29, 0.717) is 44.2 Å². The van der Waals surface area contributed by atoms with Crippen molar-refractivity contribution in [3.8, 4) is 11.5 Å². The molecule has 178 valence electrons. The van der Waals surface area contributed by atoms with E-state index in [2.05, 4.69) is 10.0 Å². The molecule has 0 aromatic heterocycles. The second kappa shape index (κ2) is 11.0. The van der Waals surface area contributed by atoms with E-state index in [0.717, 1.165) is 19.3 Å². The Morgan fingerprint density at radius 1 is 1.12 bits per heavy atom. The Bertz CT molecular complexity index is 910. The van der Waals surface area contributed by atoms with Crippen LogP contribution in [0.2, 0.25) is 0 Å². The maximum absolute atomic E-state index is 12.6. The van der Waals surface area contributed by atoms with Crippen LogP contribution in [0.25, 0.3) is 0 Å². The Labute approximate surface area is 189 Å². The predicted molar refractivity (Wildman–Crippen MR) is 119 cm³/mol. The normalized spacial score (nSPS) is 17.2. The molecule has 9 nitrogen and oxygen atoms in total. The quantitative estimate of drug-likeness (QED) is 0.562. The summed E-state index contributed by atoms with van der Waals surface area (Å²) in [6.07, 6.45) is 2.84. The number of nitrogens with zero attached hydrogens (tertiary/aromatic N) is 1. The number of hydrogen-bond acceptors (Lipinski definition) is 6. The molecule has 1 aromatic rings. The number of ether oxygens (including phenoxy) is 2. The first-order chi connectivity index (χ1) is 15.3. The van der Waals surface area contributed by atoms with Crippen molar-refractivity contribution in [2.24, 2.45) is 5.92 Å². The fourth-order valence-electron chi connectivity index (χ4n) is 3.76. The number of sulfonamides is 1. The van der Waals surface area contributed by atoms with E-state index in [4.69, 9.17) is 9.47 Å². The molecule has 0 saturated carbocycles. The Morgan fingerprint density at radius 3 is 2.50 bits per heavy atom. The lowest BCUT2D eigenvalue weighted by Gasteiger charge is -2.33. The maximum atomic E-state index is 12.6. The number of carbonyl (C=O) groups excluding carboxylic acids is 2. The first-order valence-corrected chi connectivity index (χ1v) is 12.7. The summed E-state index contributed by atoms with van der Waals surface area (Å²) in [6.45, 7) is 6.25. The Kier molecular flexibility index (Phi) is 8.36. The maximum Gasteiger partial charge on any atom is 0.240 e. The number of rotatable bonds is 8. The highest BCUT2D eigenvalue weighted by atomic mass is 32.2. The van der Waals surface area contributed by atoms with Gasteiger partial charge >= 0.3 is 0 Å². The van der Waals surface area contributed by atoms with E-state index in [1.165, 1.54) is 12.1 Å². The molecule has 2 aliphatic rings. The zero-order chi connectivity index (χ0) is 23.1. The molecule has 0 bridgehead atoms. The highest BCUT2D eigenvalue weighted by Gasteiger charge is 2.25. The number of piperidine rings is 1. The molecule has 0 unspecified atom stereocenters. The van der Waals surface area contributed by atoms with Crippen molar-refractivity contribution in [1.29, 1.82) is 0 Å². The number of likely N-dealkylation sites (tertiary alicyclic amines) is 1. The van der Waals surface area contributed by atoms with Crippen LogP contribution in [0, 0.1) is 5.92 Å². The fraction of sp³-hybridized carbons (Fsp3) is 0.636. The van der Waals surface area contributed by atoms with Crippen molar-refractivity contribution in [3.63, 3.8) is 0 Å². The van der Waals surface area contributed by atoms with Crippen molar-refractivity contribution in [2.45, 2.75) is 56.9 Å². The summed E-state index contributed by atoms with van der Waals surface area (Å²) in [5.74, 6) is 0.990. The molecule has 2 aliphatic heterocycles. The first kappa shape index (κ1) is 24.3. The summed E-state index contributed by atoms with van der Waals surface area (Å²) in [5, 5.41) is 2.99. The van der Waals surface area contributed by atoms with Crippen LogP contribution < -0.4 is 19.5 Å². The lowest BCUT2D eigenvalue weighted by Crippen LogP contribution is -2.47. The number of benzene rings is 1. The van der Waals surface area contributed by atoms with Crippen molar-refractivity contribution in [3.05, 3.63) is 18.2 Å². The van der Waals surface area contributed by atoms with Gasteiger partial charge in [0.2, 0.25) is 21.8 Å². The van der Waals surface area contributed by atoms with Crippen LogP contribution in [0.15, 0.2) is 23.1 Å². The molecule has 10 heteroatoms. The Balaban J connectivity index is 1.39. The second-order valence-corrected chi connectivity index (χ2v) is 10.2. The number of nitrogens with one attached hydrogen (secondary N) is 2. The molecular formula is C22H33N3O6S. The van der Waals surface area contributed by atoms with Crippen LogP contribution >= 0.6 is 0 Å². The third-order valence-electron chi connectivity index (χ3n) is 5.57. The van der Waals surface area contributed by atoms with Gasteiger partial charge in [0.1, 0.15) is 0 Å². The molecule has 0 atom stereocenters. The van der Waals surface area contributed by atoms with Gasteiger partial charge in [0.05, 0.1) is 18.1 Å². The van der Waals surface area contributed by atoms with Crippen LogP contribution in [0.3, 0.4) is 0 Å². The molecule has 0 radical (unpaired) electrons. The number of fused-ring (bicyclic) bond motifs is 1. The average Bonchev–Trinajstić information content (AvgIpc) is 3.01. The van der Waals surface area contributed by atoms with Gasteiger partial charge in [-0.15, -0.1) is 0 Å². The monoisotopic (exact) mass is 467 g/mol. The SMILES string of the molecule is CC(C)C(=O)N1CCC(NC(=O)CCCNS(=O)(=O)c2ccc3c(c2)OCCCO3)CC1. The molecular weight excluding hydrogens is 434 g/mol. The van der Waals surface area contributed by atoms with E-state index >= 15 is 0 Å². The summed E-state index contributed by atoms with van der Waals surface area (Å²) in [6, 6.07) is 4.60. The third kappa shape index (κ3) is 6.59. The summed E-state index contributed by atoms with van der Waals surface area (Å²) >= 11 is 0. The van der Waals surface area contributed by atoms with Gasteiger partial charge < -0.3 is 19.7 Å². The van der Waals surface area contributed by atoms with E-state index in [9.17, 15) is 18.0 Å². The van der Waals surface area contributed by atoms with Crippen LogP contribution in [0.1, 0.15) is 46.0 Å². The minimum Gasteiger partial charge on any atom is -0.490 e. The predicted octanol–water partition coefficient (Wildman–Crippen LogP) is 1.67. The third-order valence-corrected chi connectivity index (χ3v) is 7.03. The van der Waals surface area contributed by atoms with Crippen molar-refractivity contribution in [1.82, 2.24) is 14.9 Å². The molecule has 3 rings (SSSR count). The molecule has 2 heterocycles. The molecule has 0 aliphatic carbocycles. The van der Waals surface area contributed by atoms with E-state index < -0.39 is 10.0 Å². The van der Waals surface area contributed by atoms with Crippen molar-refractivity contribution < 1.29 is 27.5 Å². The largest absolute Gasteiger partial charge is 0.490 e. The number of hydrogen-bond donors (Lipinski definition) is 2. The van der Waals surface area contributed by atoms with Crippen LogP contribution in [0.4, 0.5) is 0 Å². The van der Waals surface area contributed by atoms with Gasteiger partial charge in [0, 0.05) is 50.5 Å². The van der Waals surface area contributed by atoms with E-state index in [1.54, 1.807) is 6.07 Å². The second-order valence-electron chi connectivity index (χ2n) is 8.48. The van der Waals surface area contributed by atoms with E-state index in [1.807, 2.05) is 18.7 Å². The fourth-order valence-corrected chi connectivity index (χ4v) is 4.85. The molecule has 0 spiro atoms. The Hall–Kier alpha value is -2.33. The van der Waals surface area contributed by atoms with Gasteiger partial charge in [-0.3, -0.25) is 9.59 Å². The summed E-state index contributed by atoms with van der Waals surface area (Å²) < 4.78 is 38.7. The standard InChI is InChI=1S/C22H33N3O6S/c1-16(2)22(27)25-11-8-17(9-12-25)24-21(26)5-3-10-23-32(28,29)18-6-7-19-20(15-18)31-14-4-13-30-19/h6-7,15-17,23H,3-5,8-14H2,1-2H3,(H,24,26). The van der Waals surface area contributed by atoms with Gasteiger partial charge in [-0.05, 0) is 31.4 Å². The lowest BCUT2D eigenvalue weighted by molar-refractivity contribution is -0.135. The van der Waals surface area contributed by atoms with Crippen molar-refractivity contribution >= 4 is 21.8 Å². The van der Waals surface area contributed by atoms with Gasteiger partial charge in [-0.1, -0.05) is 13.8 Å².